The van der Waals surface area contributed by atoms with E-state index in [1.807, 2.05) is 37.8 Å². The van der Waals surface area contributed by atoms with Crippen LogP contribution >= 0.6 is 11.3 Å². The van der Waals surface area contributed by atoms with Gasteiger partial charge in [0.2, 0.25) is 0 Å². The van der Waals surface area contributed by atoms with Gasteiger partial charge in [-0.25, -0.2) is 9.37 Å². The number of anilines is 1. The van der Waals surface area contributed by atoms with E-state index in [1.54, 1.807) is 24.5 Å². The maximum absolute atomic E-state index is 14.4. The number of nitrogens with one attached hydrogen (secondary N) is 2. The first-order valence-electron chi connectivity index (χ1n) is 9.39. The molecule has 7 heteroatoms. The van der Waals surface area contributed by atoms with E-state index < -0.39 is 0 Å². The van der Waals surface area contributed by atoms with E-state index in [1.165, 1.54) is 4.88 Å². The quantitative estimate of drug-likeness (QED) is 0.533. The summed E-state index contributed by atoms with van der Waals surface area (Å²) >= 11 is 1.74. The molecule has 2 aromatic rings. The minimum absolute atomic E-state index is 0.185. The second-order valence-electron chi connectivity index (χ2n) is 6.31. The van der Waals surface area contributed by atoms with Crippen molar-refractivity contribution in [2.24, 2.45) is 4.99 Å². The highest BCUT2D eigenvalue weighted by Gasteiger charge is 2.09. The van der Waals surface area contributed by atoms with Gasteiger partial charge in [0.15, 0.2) is 5.96 Å². The molecule has 5 nitrogen and oxygen atoms in total. The van der Waals surface area contributed by atoms with Crippen molar-refractivity contribution in [3.63, 3.8) is 0 Å². The monoisotopic (exact) mass is 391 g/mol. The lowest BCUT2D eigenvalue weighted by Gasteiger charge is -2.22. The van der Waals surface area contributed by atoms with Gasteiger partial charge in [0, 0.05) is 44.5 Å². The van der Waals surface area contributed by atoms with Crippen molar-refractivity contribution in [1.82, 2.24) is 15.6 Å². The van der Waals surface area contributed by atoms with Crippen LogP contribution in [0, 0.1) is 19.7 Å². The van der Waals surface area contributed by atoms with Gasteiger partial charge in [0.05, 0.1) is 16.4 Å². The predicted octanol–water partition coefficient (Wildman–Crippen LogP) is 3.65. The average Bonchev–Trinajstić information content (AvgIpc) is 2.98. The molecule has 0 spiro atoms. The van der Waals surface area contributed by atoms with Crippen molar-refractivity contribution in [3.05, 3.63) is 45.2 Å². The molecule has 0 saturated carbocycles. The molecule has 0 unspecified atom stereocenters. The van der Waals surface area contributed by atoms with Gasteiger partial charge in [0.25, 0.3) is 0 Å². The smallest absolute Gasteiger partial charge is 0.191 e. The molecule has 0 atom stereocenters. The molecule has 27 heavy (non-hydrogen) atoms. The standard InChI is InChI=1S/C20H30FN5S/c1-6-26(7-2)18-9-8-16(12-17(18)21)13-24-20(22-5)23-11-10-19-25-14(3)15(4)27-19/h8-9,12H,6-7,10-11,13H2,1-5H3,(H2,22,23,24). The van der Waals surface area contributed by atoms with E-state index in [0.717, 1.165) is 42.3 Å². The predicted molar refractivity (Wildman–Crippen MR) is 113 cm³/mol. The number of nitrogens with zero attached hydrogens (tertiary/aromatic N) is 3. The Kier molecular flexibility index (Phi) is 8.03. The van der Waals surface area contributed by atoms with Gasteiger partial charge in [-0.05, 0) is 45.4 Å². The van der Waals surface area contributed by atoms with E-state index in [2.05, 4.69) is 27.5 Å². The molecule has 0 radical (unpaired) electrons. The van der Waals surface area contributed by atoms with Crippen LogP contribution < -0.4 is 15.5 Å². The molecule has 2 N–H and O–H groups in total. The van der Waals surface area contributed by atoms with Crippen molar-refractivity contribution in [2.45, 2.75) is 40.7 Å². The van der Waals surface area contributed by atoms with Gasteiger partial charge >= 0.3 is 0 Å². The fraction of sp³-hybridized carbons (Fsp3) is 0.500. The SMILES string of the molecule is CCN(CC)c1ccc(CNC(=NC)NCCc2nc(C)c(C)s2)cc1F. The summed E-state index contributed by atoms with van der Waals surface area (Å²) in [5, 5.41) is 7.64. The Morgan fingerprint density at radius 1 is 1.22 bits per heavy atom. The first kappa shape index (κ1) is 21.2. The van der Waals surface area contributed by atoms with Gasteiger partial charge in [-0.15, -0.1) is 11.3 Å². The lowest BCUT2D eigenvalue weighted by Crippen LogP contribution is -2.37. The second kappa shape index (κ2) is 10.3. The third-order valence-electron chi connectivity index (χ3n) is 4.50. The zero-order valence-corrected chi connectivity index (χ0v) is 17.7. The molecule has 0 aliphatic rings. The summed E-state index contributed by atoms with van der Waals surface area (Å²) in [5.41, 5.74) is 2.64. The highest BCUT2D eigenvalue weighted by Crippen LogP contribution is 2.20. The Morgan fingerprint density at radius 2 is 1.96 bits per heavy atom. The Hall–Kier alpha value is -2.15. The molecule has 0 amide bonds. The normalized spacial score (nSPS) is 11.6. The summed E-state index contributed by atoms with van der Waals surface area (Å²) in [5.74, 6) is 0.517. The third-order valence-corrected chi connectivity index (χ3v) is 5.64. The van der Waals surface area contributed by atoms with Crippen LogP contribution in [-0.2, 0) is 13.0 Å². The summed E-state index contributed by atoms with van der Waals surface area (Å²) in [4.78, 5) is 12.0. The van der Waals surface area contributed by atoms with Crippen molar-refractivity contribution in [3.8, 4) is 0 Å². The molecule has 148 valence electrons. The maximum Gasteiger partial charge on any atom is 0.191 e. The number of halogens is 1. The summed E-state index contributed by atoms with van der Waals surface area (Å²) in [6.07, 6.45) is 0.854. The fourth-order valence-electron chi connectivity index (χ4n) is 2.82. The zero-order valence-electron chi connectivity index (χ0n) is 16.9. The minimum Gasteiger partial charge on any atom is -0.370 e. The first-order valence-corrected chi connectivity index (χ1v) is 10.2. The highest BCUT2D eigenvalue weighted by molar-refractivity contribution is 7.11. The van der Waals surface area contributed by atoms with Gasteiger partial charge in [-0.1, -0.05) is 6.07 Å². The van der Waals surface area contributed by atoms with Crippen LogP contribution in [0.2, 0.25) is 0 Å². The van der Waals surface area contributed by atoms with Crippen molar-refractivity contribution < 1.29 is 4.39 Å². The number of guanidine groups is 1. The first-order chi connectivity index (χ1) is 13.0. The van der Waals surface area contributed by atoms with Crippen molar-refractivity contribution in [1.29, 1.82) is 0 Å². The number of hydrogen-bond donors (Lipinski definition) is 2. The second-order valence-corrected chi connectivity index (χ2v) is 7.60. The van der Waals surface area contributed by atoms with Crippen LogP contribution in [0.1, 0.15) is 35.0 Å². The van der Waals surface area contributed by atoms with E-state index in [4.69, 9.17) is 0 Å². The average molecular weight is 392 g/mol. The van der Waals surface area contributed by atoms with Gasteiger partial charge in [-0.2, -0.15) is 0 Å². The van der Waals surface area contributed by atoms with Crippen LogP contribution in [0.5, 0.6) is 0 Å². The van der Waals surface area contributed by atoms with Crippen LogP contribution in [0.3, 0.4) is 0 Å². The number of thiazole rings is 1. The van der Waals surface area contributed by atoms with Crippen LogP contribution in [-0.4, -0.2) is 37.6 Å². The number of aliphatic imine (C=N–C) groups is 1. The molecule has 0 aliphatic heterocycles. The molecule has 0 fully saturated rings. The minimum atomic E-state index is -0.185. The molecule has 1 aromatic carbocycles. The van der Waals surface area contributed by atoms with Crippen molar-refractivity contribution in [2.75, 3.05) is 31.6 Å². The van der Waals surface area contributed by atoms with Crippen molar-refractivity contribution >= 4 is 23.0 Å². The number of rotatable bonds is 8. The van der Waals surface area contributed by atoms with Gasteiger partial charge < -0.3 is 15.5 Å². The zero-order chi connectivity index (χ0) is 19.8. The highest BCUT2D eigenvalue weighted by atomic mass is 32.1. The van der Waals surface area contributed by atoms with E-state index in [0.29, 0.717) is 18.2 Å². The number of aryl methyl sites for hydroxylation is 2. The summed E-state index contributed by atoms with van der Waals surface area (Å²) in [7, 11) is 1.73. The summed E-state index contributed by atoms with van der Waals surface area (Å²) in [6.45, 7) is 11.0. The Morgan fingerprint density at radius 3 is 2.52 bits per heavy atom. The summed E-state index contributed by atoms with van der Waals surface area (Å²) < 4.78 is 14.4. The molecular weight excluding hydrogens is 361 g/mol. The Bertz CT molecular complexity index is 748. The Labute approximate surface area is 165 Å². The van der Waals surface area contributed by atoms with E-state index in [9.17, 15) is 4.39 Å². The fourth-order valence-corrected chi connectivity index (χ4v) is 3.75. The lowest BCUT2D eigenvalue weighted by atomic mass is 10.2. The van der Waals surface area contributed by atoms with E-state index >= 15 is 0 Å². The van der Waals surface area contributed by atoms with Gasteiger partial charge in [-0.3, -0.25) is 4.99 Å². The molecule has 0 saturated heterocycles. The topological polar surface area (TPSA) is 52.5 Å². The number of hydrogen-bond acceptors (Lipinski definition) is 4. The molecule has 1 aromatic heterocycles. The molecule has 1 heterocycles. The maximum atomic E-state index is 14.4. The molecule has 0 aliphatic carbocycles. The lowest BCUT2D eigenvalue weighted by molar-refractivity contribution is 0.617. The molecule has 0 bridgehead atoms. The van der Waals surface area contributed by atoms with Gasteiger partial charge in [0.1, 0.15) is 5.82 Å². The van der Waals surface area contributed by atoms with Crippen LogP contribution in [0.15, 0.2) is 23.2 Å². The van der Waals surface area contributed by atoms with E-state index in [-0.39, 0.29) is 5.82 Å². The van der Waals surface area contributed by atoms with Crippen LogP contribution in [0.4, 0.5) is 10.1 Å². The van der Waals surface area contributed by atoms with Crippen LogP contribution in [0.25, 0.3) is 0 Å². The molecule has 2 rings (SSSR count). The Balaban J connectivity index is 1.85. The number of aromatic nitrogens is 1. The third kappa shape index (κ3) is 5.92. The summed E-state index contributed by atoms with van der Waals surface area (Å²) in [6, 6.07) is 5.40. The largest absolute Gasteiger partial charge is 0.370 e. The number of benzene rings is 1. The molecular formula is C20H30FN5S.